The van der Waals surface area contributed by atoms with E-state index < -0.39 is 23.5 Å². The number of carbonyl (C=O) groups is 1. The molecule has 0 aromatic heterocycles. The van der Waals surface area contributed by atoms with E-state index in [2.05, 4.69) is 5.43 Å². The number of nitrogens with zero attached hydrogens (tertiary/aromatic N) is 1. The van der Waals surface area contributed by atoms with Gasteiger partial charge in [0.15, 0.2) is 6.04 Å². The molecule has 3 rings (SSSR count). The van der Waals surface area contributed by atoms with Crippen LogP contribution < -0.4 is 5.43 Å². The van der Waals surface area contributed by atoms with Gasteiger partial charge in [-0.2, -0.15) is 13.2 Å². The van der Waals surface area contributed by atoms with Crippen molar-refractivity contribution in [2.45, 2.75) is 45.8 Å². The van der Waals surface area contributed by atoms with Gasteiger partial charge in [-0.3, -0.25) is 10.2 Å². The lowest BCUT2D eigenvalue weighted by Crippen LogP contribution is -2.43. The van der Waals surface area contributed by atoms with E-state index in [1.165, 1.54) is 6.07 Å². The largest absolute Gasteiger partial charge is 0.409 e. The molecular formula is C20H23F3N2O. The number of hydrogen-bond acceptors (Lipinski definition) is 2. The van der Waals surface area contributed by atoms with Crippen molar-refractivity contribution in [1.82, 2.24) is 10.4 Å². The van der Waals surface area contributed by atoms with Crippen LogP contribution in [0.2, 0.25) is 0 Å². The zero-order chi connectivity index (χ0) is 19.1. The lowest BCUT2D eigenvalue weighted by Gasteiger charge is -2.30. The topological polar surface area (TPSA) is 32.3 Å². The quantitative estimate of drug-likeness (QED) is 0.848. The molecule has 3 nitrogen and oxygen atoms in total. The van der Waals surface area contributed by atoms with Crippen LogP contribution in [-0.4, -0.2) is 23.6 Å². The molecule has 0 radical (unpaired) electrons. The minimum Gasteiger partial charge on any atom is -0.287 e. The van der Waals surface area contributed by atoms with Gasteiger partial charge in [-0.25, -0.2) is 5.01 Å². The Hall–Kier alpha value is -2.08. The van der Waals surface area contributed by atoms with E-state index in [1.807, 2.05) is 31.2 Å². The lowest BCUT2D eigenvalue weighted by molar-refractivity contribution is -0.191. The Labute approximate surface area is 151 Å². The zero-order valence-corrected chi connectivity index (χ0v) is 15.2. The van der Waals surface area contributed by atoms with Crippen LogP contribution in [-0.2, 0) is 11.2 Å². The molecule has 1 unspecified atom stereocenters. The molecule has 1 amide bonds. The monoisotopic (exact) mass is 364 g/mol. The maximum absolute atomic E-state index is 14.0. The van der Waals surface area contributed by atoms with E-state index in [4.69, 9.17) is 0 Å². The van der Waals surface area contributed by atoms with Crippen LogP contribution >= 0.6 is 0 Å². The molecule has 0 aliphatic carbocycles. The molecule has 1 aliphatic rings. The molecule has 1 N–H and O–H groups in total. The van der Waals surface area contributed by atoms with Crippen molar-refractivity contribution in [3.63, 3.8) is 0 Å². The summed E-state index contributed by atoms with van der Waals surface area (Å²) in [6.45, 7) is 5.34. The van der Waals surface area contributed by atoms with Crippen LogP contribution in [0.1, 0.15) is 44.4 Å². The first kappa shape index (κ1) is 18.7. The molecule has 0 saturated carbocycles. The van der Waals surface area contributed by atoms with Crippen LogP contribution in [0.5, 0.6) is 0 Å². The number of alkyl halides is 3. The van der Waals surface area contributed by atoms with Crippen LogP contribution in [0, 0.1) is 5.41 Å². The Bertz CT molecular complexity index is 829. The number of aryl methyl sites for hydroxylation is 1. The third kappa shape index (κ3) is 3.43. The average Bonchev–Trinajstić information content (AvgIpc) is 2.80. The first-order chi connectivity index (χ1) is 12.1. The predicted octanol–water partition coefficient (Wildman–Crippen LogP) is 4.77. The number of fused-ring (bicyclic) bond motifs is 1. The minimum atomic E-state index is -4.51. The Balaban J connectivity index is 2.13. The van der Waals surface area contributed by atoms with Gasteiger partial charge in [-0.05, 0) is 42.2 Å². The Morgan fingerprint density at radius 3 is 2.54 bits per heavy atom. The number of hydrazine groups is 1. The van der Waals surface area contributed by atoms with Crippen molar-refractivity contribution >= 4 is 16.7 Å². The summed E-state index contributed by atoms with van der Waals surface area (Å²) in [4.78, 5) is 12.1. The van der Waals surface area contributed by atoms with E-state index in [-0.39, 0.29) is 12.1 Å². The van der Waals surface area contributed by atoms with Gasteiger partial charge in [-0.15, -0.1) is 0 Å². The van der Waals surface area contributed by atoms with Crippen molar-refractivity contribution in [2.24, 2.45) is 5.41 Å². The van der Waals surface area contributed by atoms with Gasteiger partial charge >= 0.3 is 6.18 Å². The maximum Gasteiger partial charge on any atom is 0.409 e. The molecule has 0 bridgehead atoms. The fourth-order valence-electron chi connectivity index (χ4n) is 3.52. The first-order valence-corrected chi connectivity index (χ1v) is 8.79. The van der Waals surface area contributed by atoms with Crippen molar-refractivity contribution in [1.29, 1.82) is 0 Å². The van der Waals surface area contributed by atoms with Crippen molar-refractivity contribution in [3.8, 4) is 0 Å². The molecule has 1 aliphatic heterocycles. The van der Waals surface area contributed by atoms with E-state index in [0.717, 1.165) is 28.8 Å². The highest BCUT2D eigenvalue weighted by molar-refractivity contribution is 5.87. The first-order valence-electron chi connectivity index (χ1n) is 8.79. The van der Waals surface area contributed by atoms with E-state index in [9.17, 15) is 18.0 Å². The summed E-state index contributed by atoms with van der Waals surface area (Å²) in [6, 6.07) is 8.74. The fourth-order valence-corrected chi connectivity index (χ4v) is 3.52. The molecule has 1 fully saturated rings. The standard InChI is InChI=1S/C20H23F3N2O/c1-4-6-13-9-10-14-7-5-8-15(16(14)11-13)17(20(21,22)23)25-12-19(2,3)18(26)24-25/h5,7-11,17H,4,6,12H2,1-3H3,(H,24,26). The second-order valence-corrected chi connectivity index (χ2v) is 7.55. The summed E-state index contributed by atoms with van der Waals surface area (Å²) in [7, 11) is 0. The van der Waals surface area contributed by atoms with E-state index >= 15 is 0 Å². The second-order valence-electron chi connectivity index (χ2n) is 7.55. The van der Waals surface area contributed by atoms with Crippen molar-refractivity contribution in [3.05, 3.63) is 47.5 Å². The van der Waals surface area contributed by atoms with Gasteiger partial charge in [0.05, 0.1) is 5.41 Å². The van der Waals surface area contributed by atoms with Crippen LogP contribution in [0.25, 0.3) is 10.8 Å². The number of amides is 1. The summed E-state index contributed by atoms with van der Waals surface area (Å²) in [5.74, 6) is -0.390. The van der Waals surface area contributed by atoms with Crippen molar-refractivity contribution < 1.29 is 18.0 Å². The van der Waals surface area contributed by atoms with Crippen LogP contribution in [0.15, 0.2) is 36.4 Å². The normalized spacial score (nSPS) is 18.9. The molecular weight excluding hydrogens is 341 g/mol. The highest BCUT2D eigenvalue weighted by atomic mass is 19.4. The highest BCUT2D eigenvalue weighted by Gasteiger charge is 2.51. The highest BCUT2D eigenvalue weighted by Crippen LogP contribution is 2.42. The Morgan fingerprint density at radius 2 is 1.96 bits per heavy atom. The Morgan fingerprint density at radius 1 is 1.23 bits per heavy atom. The van der Waals surface area contributed by atoms with Crippen molar-refractivity contribution in [2.75, 3.05) is 6.54 Å². The maximum atomic E-state index is 14.0. The van der Waals surface area contributed by atoms with Gasteiger partial charge in [0.2, 0.25) is 5.91 Å². The summed E-state index contributed by atoms with van der Waals surface area (Å²) < 4.78 is 42.1. The zero-order valence-electron chi connectivity index (χ0n) is 15.2. The third-order valence-electron chi connectivity index (χ3n) is 4.86. The van der Waals surface area contributed by atoms with Gasteiger partial charge in [-0.1, -0.05) is 49.7 Å². The minimum absolute atomic E-state index is 0.00104. The number of carbonyl (C=O) groups excluding carboxylic acids is 1. The van der Waals surface area contributed by atoms with E-state index in [0.29, 0.717) is 5.39 Å². The molecule has 1 saturated heterocycles. The Kier molecular flexibility index (Phi) is 4.73. The van der Waals surface area contributed by atoms with Crippen LogP contribution in [0.4, 0.5) is 13.2 Å². The molecule has 2 aromatic rings. The SMILES string of the molecule is CCCc1ccc2cccc(C(N3CC(C)(C)C(=O)N3)C(F)(F)F)c2c1. The fraction of sp³-hybridized carbons (Fsp3) is 0.450. The number of benzene rings is 2. The smallest absolute Gasteiger partial charge is 0.287 e. The predicted molar refractivity (Wildman–Crippen MR) is 95.4 cm³/mol. The average molecular weight is 364 g/mol. The lowest BCUT2D eigenvalue weighted by atomic mass is 9.92. The molecule has 6 heteroatoms. The van der Waals surface area contributed by atoms with Gasteiger partial charge in [0.1, 0.15) is 0 Å². The molecule has 1 atom stereocenters. The molecule has 26 heavy (non-hydrogen) atoms. The third-order valence-corrected chi connectivity index (χ3v) is 4.86. The number of halogens is 3. The van der Waals surface area contributed by atoms with Gasteiger partial charge in [0.25, 0.3) is 0 Å². The van der Waals surface area contributed by atoms with Crippen LogP contribution in [0.3, 0.4) is 0 Å². The molecule has 2 aromatic carbocycles. The summed E-state index contributed by atoms with van der Waals surface area (Å²) >= 11 is 0. The van der Waals surface area contributed by atoms with Gasteiger partial charge in [0, 0.05) is 6.54 Å². The van der Waals surface area contributed by atoms with Gasteiger partial charge < -0.3 is 0 Å². The summed E-state index contributed by atoms with van der Waals surface area (Å²) in [5, 5.41) is 2.38. The summed E-state index contributed by atoms with van der Waals surface area (Å²) in [6.07, 6.45) is -2.77. The van der Waals surface area contributed by atoms with E-state index in [1.54, 1.807) is 19.9 Å². The molecule has 0 spiro atoms. The summed E-state index contributed by atoms with van der Waals surface area (Å²) in [5.41, 5.74) is 2.75. The number of nitrogens with one attached hydrogen (secondary N) is 1. The molecule has 140 valence electrons. The number of hydrogen-bond donors (Lipinski definition) is 1. The second kappa shape index (κ2) is 6.58. The molecule has 1 heterocycles. The number of rotatable bonds is 4.